The van der Waals surface area contributed by atoms with Crippen molar-refractivity contribution in [2.24, 2.45) is 0 Å². The minimum absolute atomic E-state index is 0.0801. The molecule has 0 unspecified atom stereocenters. The molecule has 1 aromatic carbocycles. The van der Waals surface area contributed by atoms with Gasteiger partial charge in [0.05, 0.1) is 11.6 Å². The fraction of sp³-hybridized carbons (Fsp3) is 0.250. The molecule has 5 rings (SSSR count). The number of benzene rings is 1. The average molecular weight is 441 g/mol. The SMILES string of the molecule is CCc1cc2cccc(-c3cnc(C)nc3)c2c(=O)n1C1CC1.N#Cc1cnc(N)nc1N. The van der Waals surface area contributed by atoms with E-state index in [1.807, 2.05) is 35.8 Å². The third-order valence-electron chi connectivity index (χ3n) is 5.48. The van der Waals surface area contributed by atoms with Crippen LogP contribution in [0.4, 0.5) is 11.8 Å². The zero-order valence-corrected chi connectivity index (χ0v) is 18.5. The summed E-state index contributed by atoms with van der Waals surface area (Å²) in [6.45, 7) is 3.97. The molecule has 1 aliphatic carbocycles. The Labute approximate surface area is 190 Å². The zero-order chi connectivity index (χ0) is 23.5. The van der Waals surface area contributed by atoms with Crippen LogP contribution in [-0.2, 0) is 6.42 Å². The molecule has 1 fully saturated rings. The number of nitrogens with two attached hydrogens (primary N) is 2. The van der Waals surface area contributed by atoms with Crippen LogP contribution in [-0.4, -0.2) is 24.5 Å². The van der Waals surface area contributed by atoms with Gasteiger partial charge in [0.25, 0.3) is 5.56 Å². The number of hydrogen-bond donors (Lipinski definition) is 2. The number of nitriles is 1. The maximum absolute atomic E-state index is 13.2. The molecular formula is C24H24N8O. The molecule has 3 aromatic heterocycles. The second-order valence-corrected chi connectivity index (χ2v) is 7.82. The predicted molar refractivity (Wildman–Crippen MR) is 127 cm³/mol. The van der Waals surface area contributed by atoms with Gasteiger partial charge in [-0.15, -0.1) is 0 Å². The van der Waals surface area contributed by atoms with Gasteiger partial charge in [-0.05, 0) is 43.2 Å². The number of aryl methyl sites for hydroxylation is 2. The van der Waals surface area contributed by atoms with E-state index in [0.717, 1.165) is 52.7 Å². The molecule has 33 heavy (non-hydrogen) atoms. The molecule has 0 amide bonds. The molecule has 4 N–H and O–H groups in total. The van der Waals surface area contributed by atoms with E-state index >= 15 is 0 Å². The van der Waals surface area contributed by atoms with E-state index in [2.05, 4.69) is 32.9 Å². The lowest BCUT2D eigenvalue weighted by atomic mass is 10.0. The minimum Gasteiger partial charge on any atom is -0.382 e. The molecule has 3 heterocycles. The van der Waals surface area contributed by atoms with Crippen LogP contribution in [0.15, 0.2) is 47.7 Å². The van der Waals surface area contributed by atoms with Crippen LogP contribution in [0.5, 0.6) is 0 Å². The van der Waals surface area contributed by atoms with Crippen LogP contribution in [0, 0.1) is 18.3 Å². The Morgan fingerprint density at radius 3 is 2.48 bits per heavy atom. The van der Waals surface area contributed by atoms with Crippen molar-refractivity contribution in [3.05, 3.63) is 70.3 Å². The fourth-order valence-electron chi connectivity index (χ4n) is 3.70. The van der Waals surface area contributed by atoms with Crippen molar-refractivity contribution in [2.45, 2.75) is 39.2 Å². The van der Waals surface area contributed by atoms with Crippen molar-refractivity contribution in [1.82, 2.24) is 24.5 Å². The average Bonchev–Trinajstić information content (AvgIpc) is 3.64. The lowest BCUT2D eigenvalue weighted by Crippen LogP contribution is -2.23. The molecule has 0 bridgehead atoms. The molecule has 9 heteroatoms. The first-order valence-electron chi connectivity index (χ1n) is 10.7. The van der Waals surface area contributed by atoms with Crippen LogP contribution < -0.4 is 17.0 Å². The highest BCUT2D eigenvalue weighted by Crippen LogP contribution is 2.36. The standard InChI is InChI=1S/C19H19N3O.C5H5N5/c1-3-15-9-13-5-4-6-17(14-10-20-12(2)21-11-14)18(13)19(23)22(15)16-7-8-16;6-1-3-2-9-5(8)10-4(3)7/h4-6,9-11,16H,3,7-8H2,1-2H3;2H,(H4,7,8,9,10). The van der Waals surface area contributed by atoms with Gasteiger partial charge in [-0.2, -0.15) is 10.2 Å². The van der Waals surface area contributed by atoms with Crippen molar-refractivity contribution in [2.75, 3.05) is 11.5 Å². The summed E-state index contributed by atoms with van der Waals surface area (Å²) in [6, 6.07) is 10.4. The second kappa shape index (κ2) is 9.04. The number of pyridine rings is 1. The third-order valence-corrected chi connectivity index (χ3v) is 5.48. The van der Waals surface area contributed by atoms with Crippen LogP contribution in [0.25, 0.3) is 21.9 Å². The van der Waals surface area contributed by atoms with Gasteiger partial charge < -0.3 is 16.0 Å². The highest BCUT2D eigenvalue weighted by atomic mass is 16.1. The van der Waals surface area contributed by atoms with Crippen molar-refractivity contribution in [3.8, 4) is 17.2 Å². The first kappa shape index (κ1) is 21.9. The molecular weight excluding hydrogens is 416 g/mol. The van der Waals surface area contributed by atoms with E-state index in [1.165, 1.54) is 6.20 Å². The lowest BCUT2D eigenvalue weighted by Gasteiger charge is -2.14. The number of rotatable bonds is 3. The van der Waals surface area contributed by atoms with Gasteiger partial charge in [-0.1, -0.05) is 25.1 Å². The summed E-state index contributed by atoms with van der Waals surface area (Å²) in [4.78, 5) is 28.9. The van der Waals surface area contributed by atoms with Gasteiger partial charge in [0.15, 0.2) is 0 Å². The summed E-state index contributed by atoms with van der Waals surface area (Å²) >= 11 is 0. The number of nitrogens with zero attached hydrogens (tertiary/aromatic N) is 6. The van der Waals surface area contributed by atoms with E-state index in [9.17, 15) is 4.79 Å². The van der Waals surface area contributed by atoms with E-state index in [4.69, 9.17) is 16.7 Å². The second-order valence-electron chi connectivity index (χ2n) is 7.82. The van der Waals surface area contributed by atoms with E-state index < -0.39 is 0 Å². The van der Waals surface area contributed by atoms with Gasteiger partial charge in [-0.25, -0.2) is 15.0 Å². The van der Waals surface area contributed by atoms with Crippen LogP contribution in [0.2, 0.25) is 0 Å². The summed E-state index contributed by atoms with van der Waals surface area (Å²) < 4.78 is 2.00. The first-order chi connectivity index (χ1) is 15.9. The van der Waals surface area contributed by atoms with Gasteiger partial charge in [0.2, 0.25) is 5.95 Å². The van der Waals surface area contributed by atoms with E-state index in [1.54, 1.807) is 12.4 Å². The predicted octanol–water partition coefficient (Wildman–Crippen LogP) is 3.18. The van der Waals surface area contributed by atoms with Crippen molar-refractivity contribution in [3.63, 3.8) is 0 Å². The van der Waals surface area contributed by atoms with E-state index in [0.29, 0.717) is 6.04 Å². The van der Waals surface area contributed by atoms with Crippen LogP contribution >= 0.6 is 0 Å². The lowest BCUT2D eigenvalue weighted by molar-refractivity contribution is 0.670. The highest BCUT2D eigenvalue weighted by Gasteiger charge is 2.27. The molecule has 0 saturated heterocycles. The Kier molecular flexibility index (Phi) is 6.00. The molecule has 1 aliphatic rings. The van der Waals surface area contributed by atoms with Gasteiger partial charge in [0, 0.05) is 29.7 Å². The maximum Gasteiger partial charge on any atom is 0.259 e. The Balaban J connectivity index is 0.000000219. The fourth-order valence-corrected chi connectivity index (χ4v) is 3.70. The number of fused-ring (bicyclic) bond motifs is 1. The number of anilines is 2. The topological polar surface area (TPSA) is 149 Å². The quantitative estimate of drug-likeness (QED) is 0.493. The zero-order valence-electron chi connectivity index (χ0n) is 18.5. The number of hydrogen-bond acceptors (Lipinski definition) is 8. The Bertz CT molecular complexity index is 1420. The summed E-state index contributed by atoms with van der Waals surface area (Å²) in [5.41, 5.74) is 13.8. The van der Waals surface area contributed by atoms with Gasteiger partial charge in [0.1, 0.15) is 23.3 Å². The van der Waals surface area contributed by atoms with Crippen LogP contribution in [0.3, 0.4) is 0 Å². The van der Waals surface area contributed by atoms with Gasteiger partial charge in [-0.3, -0.25) is 4.79 Å². The van der Waals surface area contributed by atoms with E-state index in [-0.39, 0.29) is 22.9 Å². The van der Waals surface area contributed by atoms with Crippen molar-refractivity contribution < 1.29 is 0 Å². The van der Waals surface area contributed by atoms with Crippen molar-refractivity contribution >= 4 is 22.5 Å². The maximum atomic E-state index is 13.2. The molecule has 0 aliphatic heterocycles. The summed E-state index contributed by atoms with van der Waals surface area (Å²) in [5.74, 6) is 0.934. The molecule has 9 nitrogen and oxygen atoms in total. The van der Waals surface area contributed by atoms with Crippen LogP contribution in [0.1, 0.15) is 42.9 Å². The van der Waals surface area contributed by atoms with Gasteiger partial charge >= 0.3 is 0 Å². The molecule has 0 spiro atoms. The molecule has 4 aromatic rings. The molecule has 0 radical (unpaired) electrons. The number of aromatic nitrogens is 5. The minimum atomic E-state index is 0.0801. The number of nitrogen functional groups attached to an aromatic ring is 2. The Morgan fingerprint density at radius 1 is 1.15 bits per heavy atom. The summed E-state index contributed by atoms with van der Waals surface area (Å²) in [5, 5.41) is 10.1. The molecule has 0 atom stereocenters. The summed E-state index contributed by atoms with van der Waals surface area (Å²) in [7, 11) is 0. The van der Waals surface area contributed by atoms with Crippen molar-refractivity contribution in [1.29, 1.82) is 5.26 Å². The molecule has 1 saturated carbocycles. The Hall–Kier alpha value is -4.32. The first-order valence-corrected chi connectivity index (χ1v) is 10.7. The monoisotopic (exact) mass is 440 g/mol. The molecule has 166 valence electrons. The smallest absolute Gasteiger partial charge is 0.259 e. The normalized spacial score (nSPS) is 12.6. The highest BCUT2D eigenvalue weighted by molar-refractivity contribution is 5.96. The third kappa shape index (κ3) is 4.50. The Morgan fingerprint density at radius 2 is 1.88 bits per heavy atom. The largest absolute Gasteiger partial charge is 0.382 e. The summed E-state index contributed by atoms with van der Waals surface area (Å²) in [6.07, 6.45) is 7.97.